The molecular formula is C17H18NOS2+. The van der Waals surface area contributed by atoms with Crippen LogP contribution in [0.3, 0.4) is 0 Å². The molecule has 0 spiro atoms. The molecule has 108 valence electrons. The summed E-state index contributed by atoms with van der Waals surface area (Å²) in [5.41, 5.74) is 2.55. The highest BCUT2D eigenvalue weighted by Gasteiger charge is 2.26. The number of carbonyl (C=O) groups is 1. The first-order chi connectivity index (χ1) is 10.2. The summed E-state index contributed by atoms with van der Waals surface area (Å²) < 4.78 is 2.94. The molecule has 0 bridgehead atoms. The van der Waals surface area contributed by atoms with E-state index < -0.39 is 0 Å². The van der Waals surface area contributed by atoms with Gasteiger partial charge in [0.1, 0.15) is 4.24 Å². The molecule has 0 amide bonds. The van der Waals surface area contributed by atoms with E-state index in [1.54, 1.807) is 23.5 Å². The Morgan fingerprint density at radius 1 is 1.00 bits per heavy atom. The fourth-order valence-corrected chi connectivity index (χ4v) is 3.50. The first-order valence-corrected chi connectivity index (χ1v) is 9.02. The average molecular weight is 316 g/mol. The van der Waals surface area contributed by atoms with Crippen molar-refractivity contribution in [1.29, 1.82) is 0 Å². The van der Waals surface area contributed by atoms with E-state index in [0.29, 0.717) is 11.3 Å². The molecule has 21 heavy (non-hydrogen) atoms. The number of allylic oxidation sites excluding steroid dienone is 1. The van der Waals surface area contributed by atoms with Gasteiger partial charge in [-0.3, -0.25) is 4.79 Å². The van der Waals surface area contributed by atoms with Crippen molar-refractivity contribution in [3.05, 3.63) is 70.2 Å². The summed E-state index contributed by atoms with van der Waals surface area (Å²) in [6.45, 7) is 2.03. The first kappa shape index (κ1) is 15.9. The number of benzene rings is 1. The maximum Gasteiger partial charge on any atom is 0.279 e. The topological polar surface area (TPSA) is 20.9 Å². The van der Waals surface area contributed by atoms with Crippen LogP contribution >= 0.6 is 23.5 Å². The van der Waals surface area contributed by atoms with Gasteiger partial charge in [-0.15, -0.1) is 23.5 Å². The molecule has 0 aliphatic rings. The Bertz CT molecular complexity index is 660. The van der Waals surface area contributed by atoms with Gasteiger partial charge in [-0.05, 0) is 25.5 Å². The van der Waals surface area contributed by atoms with Crippen LogP contribution in [0.5, 0.6) is 0 Å². The summed E-state index contributed by atoms with van der Waals surface area (Å²) in [5, 5.41) is 0. The van der Waals surface area contributed by atoms with E-state index in [0.717, 1.165) is 9.80 Å². The predicted octanol–water partition coefficient (Wildman–Crippen LogP) is 4.02. The van der Waals surface area contributed by atoms with Crippen LogP contribution in [0.25, 0.3) is 5.70 Å². The Balaban J connectivity index is 2.58. The van der Waals surface area contributed by atoms with E-state index in [4.69, 9.17) is 0 Å². The number of thioether (sulfide) groups is 2. The van der Waals surface area contributed by atoms with Crippen molar-refractivity contribution in [2.24, 2.45) is 0 Å². The molecule has 1 aromatic carbocycles. The highest BCUT2D eigenvalue weighted by atomic mass is 32.2. The van der Waals surface area contributed by atoms with Crippen molar-refractivity contribution in [1.82, 2.24) is 0 Å². The van der Waals surface area contributed by atoms with Gasteiger partial charge in [0.2, 0.25) is 0 Å². The molecule has 0 saturated carbocycles. The Labute approximate surface area is 134 Å². The summed E-state index contributed by atoms with van der Waals surface area (Å²) in [6.07, 6.45) is 7.92. The molecule has 2 aromatic rings. The molecule has 0 saturated heterocycles. The summed E-state index contributed by atoms with van der Waals surface area (Å²) in [6, 6.07) is 13.4. The second kappa shape index (κ2) is 7.48. The lowest BCUT2D eigenvalue weighted by Gasteiger charge is -2.06. The number of nitrogens with zero attached hydrogens (tertiary/aromatic N) is 1. The van der Waals surface area contributed by atoms with Gasteiger partial charge in [0.05, 0.1) is 0 Å². The van der Waals surface area contributed by atoms with Crippen LogP contribution in [0.15, 0.2) is 59.1 Å². The minimum Gasteiger partial charge on any atom is -0.282 e. The minimum absolute atomic E-state index is 0.0462. The van der Waals surface area contributed by atoms with Gasteiger partial charge in [-0.1, -0.05) is 30.3 Å². The summed E-state index contributed by atoms with van der Waals surface area (Å²) >= 11 is 3.21. The fourth-order valence-electron chi connectivity index (χ4n) is 2.05. The van der Waals surface area contributed by atoms with Crippen molar-refractivity contribution in [3.63, 3.8) is 0 Å². The van der Waals surface area contributed by atoms with Crippen LogP contribution in [0.1, 0.15) is 15.9 Å². The predicted molar refractivity (Wildman–Crippen MR) is 92.4 cm³/mol. The standard InChI is InChI=1S/C17H18NOS2/c1-13-8-7-11-18(12-13)15(17(20-2)21-3)16(19)14-9-5-4-6-10-14/h4-12H,1-3H3/q+1. The smallest absolute Gasteiger partial charge is 0.279 e. The summed E-state index contributed by atoms with van der Waals surface area (Å²) in [5.74, 6) is 0.0462. The number of aryl methyl sites for hydroxylation is 1. The molecule has 0 fully saturated rings. The lowest BCUT2D eigenvalue weighted by Crippen LogP contribution is -2.36. The van der Waals surface area contributed by atoms with Gasteiger partial charge in [-0.25, -0.2) is 0 Å². The van der Waals surface area contributed by atoms with Gasteiger partial charge in [0.15, 0.2) is 12.4 Å². The zero-order chi connectivity index (χ0) is 15.2. The normalized spacial score (nSPS) is 10.2. The quantitative estimate of drug-likeness (QED) is 0.472. The minimum atomic E-state index is 0.0462. The summed E-state index contributed by atoms with van der Waals surface area (Å²) in [7, 11) is 0. The molecule has 0 aliphatic heterocycles. The number of Topliss-reactive ketones (excluding diaryl/α,β-unsaturated/α-hetero) is 1. The largest absolute Gasteiger partial charge is 0.282 e. The van der Waals surface area contributed by atoms with Gasteiger partial charge >= 0.3 is 0 Å². The molecule has 0 aliphatic carbocycles. The maximum atomic E-state index is 12.9. The number of hydrogen-bond donors (Lipinski definition) is 0. The van der Waals surface area contributed by atoms with Gasteiger partial charge in [-0.2, -0.15) is 4.57 Å². The molecule has 1 heterocycles. The Hall–Kier alpha value is -1.52. The van der Waals surface area contributed by atoms with Crippen molar-refractivity contribution >= 4 is 35.0 Å². The maximum absolute atomic E-state index is 12.9. The van der Waals surface area contributed by atoms with E-state index in [9.17, 15) is 4.79 Å². The van der Waals surface area contributed by atoms with E-state index in [1.165, 1.54) is 0 Å². The SMILES string of the molecule is CSC(SC)=C(C(=O)c1ccccc1)[n+]1cccc(C)c1. The molecular weight excluding hydrogens is 298 g/mol. The Morgan fingerprint density at radius 2 is 1.67 bits per heavy atom. The zero-order valence-electron chi connectivity index (χ0n) is 12.4. The van der Waals surface area contributed by atoms with Crippen LogP contribution in [-0.4, -0.2) is 18.3 Å². The fraction of sp³-hybridized carbons (Fsp3) is 0.176. The third-order valence-corrected chi connectivity index (χ3v) is 5.15. The molecule has 1 aromatic heterocycles. The van der Waals surface area contributed by atoms with Crippen LogP contribution in [0, 0.1) is 6.92 Å². The lowest BCUT2D eigenvalue weighted by atomic mass is 10.1. The number of carbonyl (C=O) groups excluding carboxylic acids is 1. The number of rotatable bonds is 5. The molecule has 4 heteroatoms. The highest BCUT2D eigenvalue weighted by molar-refractivity contribution is 8.21. The number of pyridine rings is 1. The lowest BCUT2D eigenvalue weighted by molar-refractivity contribution is -0.577. The molecule has 0 unspecified atom stereocenters. The molecule has 0 radical (unpaired) electrons. The van der Waals surface area contributed by atoms with Gasteiger partial charge in [0.25, 0.3) is 11.5 Å². The number of aromatic nitrogens is 1. The van der Waals surface area contributed by atoms with Crippen LogP contribution in [0.4, 0.5) is 0 Å². The molecule has 2 rings (SSSR count). The van der Waals surface area contributed by atoms with Crippen molar-refractivity contribution < 1.29 is 9.36 Å². The van der Waals surface area contributed by atoms with Crippen LogP contribution < -0.4 is 4.57 Å². The molecule has 0 N–H and O–H groups in total. The second-order valence-corrected chi connectivity index (χ2v) is 6.42. The van der Waals surface area contributed by atoms with E-state index in [-0.39, 0.29) is 5.78 Å². The third-order valence-electron chi connectivity index (χ3n) is 3.02. The number of ketones is 1. The summed E-state index contributed by atoms with van der Waals surface area (Å²) in [4.78, 5) is 12.9. The van der Waals surface area contributed by atoms with Crippen LogP contribution in [0.2, 0.25) is 0 Å². The van der Waals surface area contributed by atoms with Gasteiger partial charge in [0, 0.05) is 17.2 Å². The average Bonchev–Trinajstić information content (AvgIpc) is 2.52. The number of hydrogen-bond acceptors (Lipinski definition) is 3. The van der Waals surface area contributed by atoms with Gasteiger partial charge < -0.3 is 0 Å². The first-order valence-electron chi connectivity index (χ1n) is 6.57. The molecule has 0 atom stereocenters. The van der Waals surface area contributed by atoms with Crippen LogP contribution in [-0.2, 0) is 0 Å². The van der Waals surface area contributed by atoms with E-state index >= 15 is 0 Å². The monoisotopic (exact) mass is 316 g/mol. The highest BCUT2D eigenvalue weighted by Crippen LogP contribution is 2.29. The molecule has 2 nitrogen and oxygen atoms in total. The Morgan fingerprint density at radius 3 is 2.24 bits per heavy atom. The van der Waals surface area contributed by atoms with E-state index in [2.05, 4.69) is 0 Å². The second-order valence-electron chi connectivity index (χ2n) is 4.53. The Kier molecular flexibility index (Phi) is 5.65. The third kappa shape index (κ3) is 3.77. The van der Waals surface area contributed by atoms with Crippen molar-refractivity contribution in [2.75, 3.05) is 12.5 Å². The zero-order valence-corrected chi connectivity index (χ0v) is 14.0. The van der Waals surface area contributed by atoms with Crippen molar-refractivity contribution in [3.8, 4) is 0 Å². The van der Waals surface area contributed by atoms with Crippen molar-refractivity contribution in [2.45, 2.75) is 6.92 Å². The van der Waals surface area contributed by atoms with E-state index in [1.807, 2.05) is 78.9 Å².